The summed E-state index contributed by atoms with van der Waals surface area (Å²) >= 11 is 0. The van der Waals surface area contributed by atoms with Gasteiger partial charge in [0.1, 0.15) is 0 Å². The summed E-state index contributed by atoms with van der Waals surface area (Å²) < 4.78 is 0. The van der Waals surface area contributed by atoms with E-state index in [1.54, 1.807) is 0 Å². The maximum atomic E-state index is 2.48. The predicted octanol–water partition coefficient (Wildman–Crippen LogP) is 2.52. The van der Waals surface area contributed by atoms with Gasteiger partial charge >= 0.3 is 0 Å². The Bertz CT molecular complexity index is 156. The second-order valence-corrected chi connectivity index (χ2v) is 5.15. The van der Waals surface area contributed by atoms with Crippen LogP contribution in [-0.4, -0.2) is 25.0 Å². The fraction of sp³-hybridized carbons (Fsp3) is 1.00. The Kier molecular flexibility index (Phi) is 2.16. The Morgan fingerprint density at radius 3 is 2.33 bits per heavy atom. The van der Waals surface area contributed by atoms with Crippen molar-refractivity contribution in [3.8, 4) is 0 Å². The molecule has 1 aliphatic carbocycles. The lowest BCUT2D eigenvalue weighted by molar-refractivity contribution is 0.124. The van der Waals surface area contributed by atoms with Gasteiger partial charge in [-0.3, -0.25) is 0 Å². The molecular formula is C11H21N. The molecule has 2 rings (SSSR count). The van der Waals surface area contributed by atoms with Gasteiger partial charge in [0.15, 0.2) is 0 Å². The molecule has 1 saturated heterocycles. The maximum absolute atomic E-state index is 2.48. The molecule has 70 valence electrons. The minimum atomic E-state index is 0.784. The van der Waals surface area contributed by atoms with E-state index in [2.05, 4.69) is 18.9 Å². The third-order valence-corrected chi connectivity index (χ3v) is 4.00. The molecule has 0 aromatic heterocycles. The van der Waals surface area contributed by atoms with Crippen molar-refractivity contribution >= 4 is 0 Å². The summed E-state index contributed by atoms with van der Waals surface area (Å²) in [5.41, 5.74) is 0.784. The SMILES string of the molecule is CC1CCC2(CCN(C)CC2)C1. The van der Waals surface area contributed by atoms with Crippen molar-refractivity contribution in [3.63, 3.8) is 0 Å². The quantitative estimate of drug-likeness (QED) is 0.536. The largest absolute Gasteiger partial charge is 0.306 e. The Morgan fingerprint density at radius 1 is 1.17 bits per heavy atom. The zero-order valence-corrected chi connectivity index (χ0v) is 8.47. The molecule has 1 spiro atoms. The van der Waals surface area contributed by atoms with Gasteiger partial charge in [0.2, 0.25) is 0 Å². The van der Waals surface area contributed by atoms with Gasteiger partial charge in [-0.15, -0.1) is 0 Å². The normalized spacial score (nSPS) is 36.0. The van der Waals surface area contributed by atoms with Crippen LogP contribution in [0.4, 0.5) is 0 Å². The van der Waals surface area contributed by atoms with Crippen molar-refractivity contribution in [1.29, 1.82) is 0 Å². The molecule has 12 heavy (non-hydrogen) atoms. The minimum absolute atomic E-state index is 0.784. The van der Waals surface area contributed by atoms with Gasteiger partial charge in [-0.1, -0.05) is 13.3 Å². The average Bonchev–Trinajstić information content (AvgIpc) is 2.40. The van der Waals surface area contributed by atoms with E-state index in [-0.39, 0.29) is 0 Å². The van der Waals surface area contributed by atoms with Gasteiger partial charge in [-0.25, -0.2) is 0 Å². The lowest BCUT2D eigenvalue weighted by Crippen LogP contribution is -2.36. The van der Waals surface area contributed by atoms with E-state index >= 15 is 0 Å². The summed E-state index contributed by atoms with van der Waals surface area (Å²) in [5, 5.41) is 0. The molecule has 0 aromatic rings. The van der Waals surface area contributed by atoms with Crippen LogP contribution in [0.3, 0.4) is 0 Å². The molecule has 1 heteroatoms. The highest BCUT2D eigenvalue weighted by molar-refractivity contribution is 4.91. The highest BCUT2D eigenvalue weighted by Crippen LogP contribution is 2.48. The first-order valence-corrected chi connectivity index (χ1v) is 5.39. The molecule has 0 aromatic carbocycles. The summed E-state index contributed by atoms with van der Waals surface area (Å²) in [4.78, 5) is 2.48. The molecular weight excluding hydrogens is 146 g/mol. The third-order valence-electron chi connectivity index (χ3n) is 4.00. The van der Waals surface area contributed by atoms with E-state index in [0.29, 0.717) is 0 Å². The van der Waals surface area contributed by atoms with Crippen LogP contribution in [-0.2, 0) is 0 Å². The molecule has 1 nitrogen and oxygen atoms in total. The van der Waals surface area contributed by atoms with E-state index in [1.807, 2.05) is 0 Å². The number of nitrogens with zero attached hydrogens (tertiary/aromatic N) is 1. The first-order valence-electron chi connectivity index (χ1n) is 5.39. The van der Waals surface area contributed by atoms with E-state index < -0.39 is 0 Å². The maximum Gasteiger partial charge on any atom is -0.00165 e. The third kappa shape index (κ3) is 1.52. The highest BCUT2D eigenvalue weighted by Gasteiger charge is 2.38. The van der Waals surface area contributed by atoms with Crippen molar-refractivity contribution < 1.29 is 0 Å². The zero-order valence-electron chi connectivity index (χ0n) is 8.47. The Labute approximate surface area is 76.1 Å². The number of hydrogen-bond acceptors (Lipinski definition) is 1. The molecule has 2 fully saturated rings. The molecule has 0 amide bonds. The lowest BCUT2D eigenvalue weighted by atomic mass is 9.76. The van der Waals surface area contributed by atoms with E-state index in [0.717, 1.165) is 11.3 Å². The van der Waals surface area contributed by atoms with Gasteiger partial charge in [0.25, 0.3) is 0 Å². The lowest BCUT2D eigenvalue weighted by Gasteiger charge is -2.38. The topological polar surface area (TPSA) is 3.24 Å². The monoisotopic (exact) mass is 167 g/mol. The predicted molar refractivity (Wildman–Crippen MR) is 52.2 cm³/mol. The Morgan fingerprint density at radius 2 is 1.83 bits per heavy atom. The van der Waals surface area contributed by atoms with Crippen LogP contribution in [0.2, 0.25) is 0 Å². The van der Waals surface area contributed by atoms with Gasteiger partial charge in [0, 0.05) is 0 Å². The molecule has 1 unspecified atom stereocenters. The van der Waals surface area contributed by atoms with Crippen LogP contribution < -0.4 is 0 Å². The van der Waals surface area contributed by atoms with Crippen molar-refractivity contribution in [3.05, 3.63) is 0 Å². The van der Waals surface area contributed by atoms with Crippen LogP contribution in [0.25, 0.3) is 0 Å². The van der Waals surface area contributed by atoms with Gasteiger partial charge in [0.05, 0.1) is 0 Å². The first kappa shape index (κ1) is 8.55. The second kappa shape index (κ2) is 3.02. The Hall–Kier alpha value is -0.0400. The molecule has 0 bridgehead atoms. The van der Waals surface area contributed by atoms with Crippen molar-refractivity contribution in [2.45, 2.75) is 39.0 Å². The molecule has 2 aliphatic rings. The molecule has 1 heterocycles. The molecule has 1 aliphatic heterocycles. The fourth-order valence-corrected chi connectivity index (χ4v) is 3.04. The molecule has 1 atom stereocenters. The molecule has 0 N–H and O–H groups in total. The summed E-state index contributed by atoms with van der Waals surface area (Å²) in [7, 11) is 2.26. The number of hydrogen-bond donors (Lipinski definition) is 0. The van der Waals surface area contributed by atoms with Crippen LogP contribution in [0.1, 0.15) is 39.0 Å². The fourth-order valence-electron chi connectivity index (χ4n) is 3.04. The standard InChI is InChI=1S/C11H21N/c1-10-3-4-11(9-10)5-7-12(2)8-6-11/h10H,3-9H2,1-2H3. The Balaban J connectivity index is 1.95. The zero-order chi connectivity index (χ0) is 8.60. The van der Waals surface area contributed by atoms with Gasteiger partial charge < -0.3 is 4.90 Å². The summed E-state index contributed by atoms with van der Waals surface area (Å²) in [5.74, 6) is 1.01. The average molecular weight is 167 g/mol. The highest BCUT2D eigenvalue weighted by atomic mass is 15.1. The van der Waals surface area contributed by atoms with Crippen LogP contribution in [0, 0.1) is 11.3 Å². The number of likely N-dealkylation sites (tertiary alicyclic amines) is 1. The van der Waals surface area contributed by atoms with Crippen molar-refractivity contribution in [1.82, 2.24) is 4.90 Å². The molecule has 0 radical (unpaired) electrons. The van der Waals surface area contributed by atoms with Crippen LogP contribution >= 0.6 is 0 Å². The smallest absolute Gasteiger partial charge is 0.00165 e. The number of piperidine rings is 1. The van der Waals surface area contributed by atoms with Crippen LogP contribution in [0.15, 0.2) is 0 Å². The summed E-state index contributed by atoms with van der Waals surface area (Å²) in [6.45, 7) is 5.10. The number of rotatable bonds is 0. The van der Waals surface area contributed by atoms with Crippen LogP contribution in [0.5, 0.6) is 0 Å². The van der Waals surface area contributed by atoms with Crippen molar-refractivity contribution in [2.24, 2.45) is 11.3 Å². The minimum Gasteiger partial charge on any atom is -0.306 e. The van der Waals surface area contributed by atoms with E-state index in [4.69, 9.17) is 0 Å². The van der Waals surface area contributed by atoms with Gasteiger partial charge in [-0.2, -0.15) is 0 Å². The first-order chi connectivity index (χ1) is 5.70. The molecule has 1 saturated carbocycles. The summed E-state index contributed by atoms with van der Waals surface area (Å²) in [6.07, 6.45) is 7.45. The van der Waals surface area contributed by atoms with Crippen molar-refractivity contribution in [2.75, 3.05) is 20.1 Å². The second-order valence-electron chi connectivity index (χ2n) is 5.15. The van der Waals surface area contributed by atoms with E-state index in [1.165, 1.54) is 45.2 Å². The van der Waals surface area contributed by atoms with E-state index in [9.17, 15) is 0 Å². The van der Waals surface area contributed by atoms with Gasteiger partial charge in [-0.05, 0) is 57.2 Å². The summed E-state index contributed by atoms with van der Waals surface area (Å²) in [6, 6.07) is 0.